The zero-order valence-electron chi connectivity index (χ0n) is 25.2. The minimum Gasteiger partial charge on any atom is -0.463 e. The summed E-state index contributed by atoms with van der Waals surface area (Å²) in [6, 6.07) is 6.25. The predicted octanol–water partition coefficient (Wildman–Crippen LogP) is 8.46. The largest absolute Gasteiger partial charge is 0.463 e. The monoisotopic (exact) mass is 556 g/mol. The highest BCUT2D eigenvalue weighted by atomic mass is 16.6. The summed E-state index contributed by atoms with van der Waals surface area (Å²) in [6.45, 7) is 6.32. The second-order valence-electron chi connectivity index (χ2n) is 12.1. The molecule has 0 amide bonds. The van der Waals surface area contributed by atoms with Crippen molar-refractivity contribution in [2.24, 2.45) is 17.8 Å². The van der Waals surface area contributed by atoms with E-state index in [-0.39, 0.29) is 17.6 Å². The van der Waals surface area contributed by atoms with Crippen LogP contribution in [0, 0.1) is 17.8 Å². The van der Waals surface area contributed by atoms with Crippen LogP contribution in [0.2, 0.25) is 0 Å². The van der Waals surface area contributed by atoms with Gasteiger partial charge in [-0.15, -0.1) is 0 Å². The van der Waals surface area contributed by atoms with Crippen molar-refractivity contribution < 1.29 is 28.6 Å². The summed E-state index contributed by atoms with van der Waals surface area (Å²) in [7, 11) is 0. The molecule has 0 bridgehead atoms. The van der Waals surface area contributed by atoms with Crippen molar-refractivity contribution in [3.05, 3.63) is 35.4 Å². The third-order valence-electron chi connectivity index (χ3n) is 8.96. The van der Waals surface area contributed by atoms with Gasteiger partial charge in [-0.25, -0.2) is 14.4 Å². The molecule has 1 aromatic rings. The fraction of sp³-hybridized carbons (Fsp3) is 0.735. The first-order valence-corrected chi connectivity index (χ1v) is 16.1. The molecule has 2 fully saturated rings. The average Bonchev–Trinajstić information content (AvgIpc) is 2.97. The Kier molecular flexibility index (Phi) is 14.0. The third kappa shape index (κ3) is 10.6. The molecule has 2 aliphatic carbocycles. The van der Waals surface area contributed by atoms with Gasteiger partial charge in [0.1, 0.15) is 6.10 Å². The maximum Gasteiger partial charge on any atom is 0.347 e. The molecular weight excluding hydrogens is 504 g/mol. The van der Waals surface area contributed by atoms with Crippen molar-refractivity contribution in [2.75, 3.05) is 6.61 Å². The Morgan fingerprint density at radius 3 is 1.88 bits per heavy atom. The minimum atomic E-state index is -0.987. The van der Waals surface area contributed by atoms with E-state index in [2.05, 4.69) is 13.8 Å². The number of hydrogen-bond acceptors (Lipinski definition) is 6. The highest BCUT2D eigenvalue weighted by Gasteiger charge is 2.32. The van der Waals surface area contributed by atoms with E-state index in [4.69, 9.17) is 14.2 Å². The SMILES string of the molecule is CCCCCCCCOC(=O)[C@@H](C)OC(=O)c1ccc(C(=O)OC2CCC(C3CCC(CCC)CC3)CC2)cc1. The van der Waals surface area contributed by atoms with Crippen molar-refractivity contribution in [3.63, 3.8) is 0 Å². The molecule has 0 spiro atoms. The molecule has 0 aromatic heterocycles. The van der Waals surface area contributed by atoms with Gasteiger partial charge in [-0.05, 0) is 93.9 Å². The van der Waals surface area contributed by atoms with Gasteiger partial charge in [-0.1, -0.05) is 71.6 Å². The fourth-order valence-corrected chi connectivity index (χ4v) is 6.45. The molecule has 6 heteroatoms. The van der Waals surface area contributed by atoms with E-state index in [1.165, 1.54) is 64.7 Å². The van der Waals surface area contributed by atoms with Crippen LogP contribution in [0.25, 0.3) is 0 Å². The summed E-state index contributed by atoms with van der Waals surface area (Å²) in [4.78, 5) is 37.4. The van der Waals surface area contributed by atoms with Gasteiger partial charge in [0.25, 0.3) is 0 Å². The van der Waals surface area contributed by atoms with Crippen LogP contribution >= 0.6 is 0 Å². The van der Waals surface area contributed by atoms with Gasteiger partial charge in [-0.3, -0.25) is 0 Å². The summed E-state index contributed by atoms with van der Waals surface area (Å²) in [5.74, 6) is 1.05. The Bertz CT molecular complexity index is 894. The number of rotatable bonds is 15. The van der Waals surface area contributed by atoms with E-state index in [1.54, 1.807) is 24.3 Å². The zero-order chi connectivity index (χ0) is 28.7. The topological polar surface area (TPSA) is 78.9 Å². The molecular formula is C34H52O6. The summed E-state index contributed by atoms with van der Waals surface area (Å²) >= 11 is 0. The molecule has 0 radical (unpaired) electrons. The van der Waals surface area contributed by atoms with Crippen LogP contribution in [0.4, 0.5) is 0 Å². The molecule has 3 rings (SSSR count). The first kappa shape index (κ1) is 32.1. The Morgan fingerprint density at radius 2 is 1.27 bits per heavy atom. The van der Waals surface area contributed by atoms with E-state index in [0.717, 1.165) is 62.7 Å². The molecule has 0 unspecified atom stereocenters. The summed E-state index contributed by atoms with van der Waals surface area (Å²) in [5.41, 5.74) is 0.695. The molecule has 224 valence electrons. The van der Waals surface area contributed by atoms with Crippen molar-refractivity contribution in [1.82, 2.24) is 0 Å². The van der Waals surface area contributed by atoms with Crippen molar-refractivity contribution in [1.29, 1.82) is 0 Å². The van der Waals surface area contributed by atoms with Gasteiger partial charge >= 0.3 is 17.9 Å². The predicted molar refractivity (Wildman–Crippen MR) is 157 cm³/mol. The number of carbonyl (C=O) groups is 3. The molecule has 2 aliphatic rings. The Morgan fingerprint density at radius 1 is 0.725 bits per heavy atom. The average molecular weight is 557 g/mol. The maximum absolute atomic E-state index is 12.7. The number of esters is 3. The van der Waals surface area contributed by atoms with Crippen LogP contribution in [-0.2, 0) is 19.0 Å². The number of carbonyl (C=O) groups excluding carboxylic acids is 3. The lowest BCUT2D eigenvalue weighted by molar-refractivity contribution is -0.153. The summed E-state index contributed by atoms with van der Waals surface area (Å²) < 4.78 is 16.3. The van der Waals surface area contributed by atoms with Crippen LogP contribution in [0.15, 0.2) is 24.3 Å². The lowest BCUT2D eigenvalue weighted by Crippen LogP contribution is -2.29. The van der Waals surface area contributed by atoms with Gasteiger partial charge in [-0.2, -0.15) is 0 Å². The van der Waals surface area contributed by atoms with E-state index >= 15 is 0 Å². The Balaban J connectivity index is 1.34. The Hall–Kier alpha value is -2.37. The molecule has 2 saturated carbocycles. The van der Waals surface area contributed by atoms with Gasteiger partial charge in [0.05, 0.1) is 17.7 Å². The molecule has 0 saturated heterocycles. The van der Waals surface area contributed by atoms with Crippen LogP contribution in [0.5, 0.6) is 0 Å². The lowest BCUT2D eigenvalue weighted by Gasteiger charge is -2.37. The van der Waals surface area contributed by atoms with Gasteiger partial charge in [0, 0.05) is 0 Å². The van der Waals surface area contributed by atoms with Crippen molar-refractivity contribution >= 4 is 17.9 Å². The van der Waals surface area contributed by atoms with Crippen molar-refractivity contribution in [2.45, 2.75) is 136 Å². The summed E-state index contributed by atoms with van der Waals surface area (Å²) in [5, 5.41) is 0. The number of ether oxygens (including phenoxy) is 3. The molecule has 1 atom stereocenters. The van der Waals surface area contributed by atoms with E-state index in [0.29, 0.717) is 12.2 Å². The Labute approximate surface area is 241 Å². The van der Waals surface area contributed by atoms with Crippen LogP contribution in [-0.4, -0.2) is 36.7 Å². The van der Waals surface area contributed by atoms with Crippen molar-refractivity contribution in [3.8, 4) is 0 Å². The van der Waals surface area contributed by atoms with Crippen LogP contribution < -0.4 is 0 Å². The second kappa shape index (κ2) is 17.4. The molecule has 0 heterocycles. The standard InChI is InChI=1S/C34H52O6/c1-4-6-7-8-9-10-24-38-32(35)25(3)39-33(36)29-16-18-30(19-17-29)34(37)40-31-22-20-28(21-23-31)27-14-12-26(11-5-2)13-15-27/h16-19,25-28,31H,4-15,20-24H2,1-3H3/t25-,26?,27?,28?,31?/m1/s1. The normalized spacial score (nSPS) is 23.7. The highest BCUT2D eigenvalue weighted by Crippen LogP contribution is 2.41. The first-order valence-electron chi connectivity index (χ1n) is 16.1. The van der Waals surface area contributed by atoms with E-state index in [1.807, 2.05) is 0 Å². The molecule has 0 N–H and O–H groups in total. The van der Waals surface area contributed by atoms with Gasteiger partial charge in [0.15, 0.2) is 6.10 Å². The highest BCUT2D eigenvalue weighted by molar-refractivity contribution is 5.94. The quantitative estimate of drug-likeness (QED) is 0.122. The number of hydrogen-bond donors (Lipinski definition) is 0. The first-order chi connectivity index (χ1) is 19.4. The van der Waals surface area contributed by atoms with E-state index < -0.39 is 18.0 Å². The fourth-order valence-electron chi connectivity index (χ4n) is 6.45. The van der Waals surface area contributed by atoms with E-state index in [9.17, 15) is 14.4 Å². The maximum atomic E-state index is 12.7. The number of benzene rings is 1. The third-order valence-corrected chi connectivity index (χ3v) is 8.96. The minimum absolute atomic E-state index is 0.0342. The van der Waals surface area contributed by atoms with Crippen LogP contribution in [0.3, 0.4) is 0 Å². The van der Waals surface area contributed by atoms with Gasteiger partial charge < -0.3 is 14.2 Å². The van der Waals surface area contributed by atoms with Crippen LogP contribution in [0.1, 0.15) is 144 Å². The lowest BCUT2D eigenvalue weighted by atomic mass is 9.70. The number of unbranched alkanes of at least 4 members (excludes halogenated alkanes) is 5. The molecule has 40 heavy (non-hydrogen) atoms. The molecule has 1 aromatic carbocycles. The second-order valence-corrected chi connectivity index (χ2v) is 12.1. The molecule has 0 aliphatic heterocycles. The zero-order valence-corrected chi connectivity index (χ0v) is 25.2. The summed E-state index contributed by atoms with van der Waals surface area (Å²) in [6.07, 6.45) is 17.9. The molecule has 6 nitrogen and oxygen atoms in total. The van der Waals surface area contributed by atoms with Gasteiger partial charge in [0.2, 0.25) is 0 Å². The smallest absolute Gasteiger partial charge is 0.347 e.